The third-order valence-electron chi connectivity index (χ3n) is 5.41. The highest BCUT2D eigenvalue weighted by Gasteiger charge is 2.19. The van der Waals surface area contributed by atoms with Gasteiger partial charge in [0, 0.05) is 16.7 Å². The number of aryl methyl sites for hydroxylation is 1. The highest BCUT2D eigenvalue weighted by atomic mass is 35.5. The number of nitrogens with one attached hydrogen (secondary N) is 1. The summed E-state index contributed by atoms with van der Waals surface area (Å²) in [6.07, 6.45) is 0. The molecule has 8 heteroatoms. The zero-order valence-electron chi connectivity index (χ0n) is 19.5. The minimum Gasteiger partial charge on any atom is -0.496 e. The zero-order chi connectivity index (χ0) is 25.7. The molecule has 36 heavy (non-hydrogen) atoms. The maximum Gasteiger partial charge on any atom is 0.234 e. The molecule has 1 N–H and O–H groups in total. The van der Waals surface area contributed by atoms with Crippen molar-refractivity contribution in [3.63, 3.8) is 0 Å². The van der Waals surface area contributed by atoms with E-state index >= 15 is 0 Å². The molecule has 5 nitrogen and oxygen atoms in total. The van der Waals surface area contributed by atoms with E-state index in [1.165, 1.54) is 11.8 Å². The van der Waals surface area contributed by atoms with E-state index < -0.39 is 0 Å². The molecule has 0 spiro atoms. The van der Waals surface area contributed by atoms with Crippen LogP contribution in [0.15, 0.2) is 77.8 Å². The number of thioether (sulfide) groups is 1. The molecule has 1 amide bonds. The van der Waals surface area contributed by atoms with Gasteiger partial charge in [-0.05, 0) is 31.2 Å². The molecule has 4 aromatic rings. The van der Waals surface area contributed by atoms with E-state index in [1.807, 2.05) is 61.5 Å². The van der Waals surface area contributed by atoms with Crippen molar-refractivity contribution in [2.24, 2.45) is 0 Å². The number of para-hydroxylation sites is 1. The number of carbonyl (C=O) groups excluding carboxylic acids is 1. The molecule has 4 rings (SSSR count). The van der Waals surface area contributed by atoms with Crippen molar-refractivity contribution < 1.29 is 9.53 Å². The number of benzene rings is 3. The highest BCUT2D eigenvalue weighted by molar-refractivity contribution is 8.00. The van der Waals surface area contributed by atoms with E-state index in [0.717, 1.165) is 16.7 Å². The number of methoxy groups -OCH3 is 1. The number of anilines is 1. The minimum absolute atomic E-state index is 0.0211. The van der Waals surface area contributed by atoms with Gasteiger partial charge >= 0.3 is 0 Å². The van der Waals surface area contributed by atoms with Gasteiger partial charge in [0.2, 0.25) is 5.91 Å². The first-order chi connectivity index (χ1) is 17.4. The van der Waals surface area contributed by atoms with Crippen LogP contribution in [-0.2, 0) is 4.79 Å². The minimum atomic E-state index is -0.297. The fourth-order valence-electron chi connectivity index (χ4n) is 3.61. The van der Waals surface area contributed by atoms with Crippen LogP contribution in [0.2, 0.25) is 10.0 Å². The summed E-state index contributed by atoms with van der Waals surface area (Å²) in [6, 6.07) is 24.7. The number of halogens is 2. The Labute approximate surface area is 224 Å². The summed E-state index contributed by atoms with van der Waals surface area (Å²) in [6.45, 7) is 2.02. The molecule has 0 radical (unpaired) electrons. The lowest BCUT2D eigenvalue weighted by Gasteiger charge is -2.15. The molecule has 0 saturated heterocycles. The molecule has 0 bridgehead atoms. The van der Waals surface area contributed by atoms with Crippen molar-refractivity contribution in [2.75, 3.05) is 18.2 Å². The lowest BCUT2D eigenvalue weighted by atomic mass is 9.98. The molecule has 0 aliphatic rings. The third-order valence-corrected chi connectivity index (χ3v) is 7.20. The molecule has 180 valence electrons. The molecule has 0 aliphatic carbocycles. The summed E-state index contributed by atoms with van der Waals surface area (Å²) in [5.74, 6) is 0.363. The Morgan fingerprint density at radius 3 is 2.53 bits per heavy atom. The van der Waals surface area contributed by atoms with Crippen LogP contribution in [0.1, 0.15) is 11.1 Å². The third kappa shape index (κ3) is 5.66. The number of rotatable bonds is 7. The number of aromatic nitrogens is 1. The van der Waals surface area contributed by atoms with Crippen LogP contribution in [0, 0.1) is 18.3 Å². The van der Waals surface area contributed by atoms with E-state index in [0.29, 0.717) is 38.3 Å². The highest BCUT2D eigenvalue weighted by Crippen LogP contribution is 2.38. The van der Waals surface area contributed by atoms with Crippen LogP contribution in [-0.4, -0.2) is 23.8 Å². The van der Waals surface area contributed by atoms with Crippen molar-refractivity contribution >= 4 is 46.6 Å². The summed E-state index contributed by atoms with van der Waals surface area (Å²) >= 11 is 13.4. The zero-order valence-corrected chi connectivity index (χ0v) is 21.8. The van der Waals surface area contributed by atoms with E-state index in [2.05, 4.69) is 11.4 Å². The second-order valence-electron chi connectivity index (χ2n) is 7.85. The predicted octanol–water partition coefficient (Wildman–Crippen LogP) is 7.64. The molecular weight excluding hydrogens is 513 g/mol. The Kier molecular flexibility index (Phi) is 8.17. The summed E-state index contributed by atoms with van der Waals surface area (Å²) in [7, 11) is 1.59. The number of pyridine rings is 1. The summed E-state index contributed by atoms with van der Waals surface area (Å²) < 4.78 is 5.56. The Bertz CT molecular complexity index is 1470. The molecule has 0 fully saturated rings. The number of carbonyl (C=O) groups is 1. The van der Waals surface area contributed by atoms with E-state index in [1.54, 1.807) is 25.3 Å². The average Bonchev–Trinajstić information content (AvgIpc) is 2.90. The van der Waals surface area contributed by atoms with Crippen molar-refractivity contribution in [1.29, 1.82) is 5.26 Å². The molecular formula is C28H21Cl2N3O2S. The van der Waals surface area contributed by atoms with Crippen molar-refractivity contribution in [3.8, 4) is 34.2 Å². The Hall–Kier alpha value is -3.50. The first-order valence-corrected chi connectivity index (χ1v) is 12.7. The Balaban J connectivity index is 1.73. The second-order valence-corrected chi connectivity index (χ2v) is 9.60. The molecule has 3 aromatic carbocycles. The SMILES string of the molecule is COc1ccccc1-c1cc(-c2ccc(C)cc2)nc(SCC(=O)Nc2cccc(Cl)c2Cl)c1C#N. The molecule has 1 heterocycles. The van der Waals surface area contributed by atoms with Gasteiger partial charge in [-0.3, -0.25) is 4.79 Å². The quantitative estimate of drug-likeness (QED) is 0.247. The van der Waals surface area contributed by atoms with Gasteiger partial charge in [-0.2, -0.15) is 5.26 Å². The monoisotopic (exact) mass is 533 g/mol. The number of amides is 1. The Morgan fingerprint density at radius 2 is 1.81 bits per heavy atom. The van der Waals surface area contributed by atoms with Gasteiger partial charge in [0.15, 0.2) is 0 Å². The smallest absolute Gasteiger partial charge is 0.234 e. The van der Waals surface area contributed by atoms with Crippen LogP contribution in [0.3, 0.4) is 0 Å². The van der Waals surface area contributed by atoms with E-state index in [-0.39, 0.29) is 16.7 Å². The number of nitriles is 1. The van der Waals surface area contributed by atoms with Gasteiger partial charge in [-0.25, -0.2) is 4.98 Å². The van der Waals surface area contributed by atoms with Crippen LogP contribution in [0.25, 0.3) is 22.4 Å². The largest absolute Gasteiger partial charge is 0.496 e. The number of hydrogen-bond acceptors (Lipinski definition) is 5. The lowest BCUT2D eigenvalue weighted by molar-refractivity contribution is -0.113. The van der Waals surface area contributed by atoms with E-state index in [4.69, 9.17) is 32.9 Å². The van der Waals surface area contributed by atoms with Crippen LogP contribution >= 0.6 is 35.0 Å². The average molecular weight is 534 g/mol. The van der Waals surface area contributed by atoms with Gasteiger partial charge in [0.05, 0.1) is 39.9 Å². The van der Waals surface area contributed by atoms with Crippen molar-refractivity contribution in [1.82, 2.24) is 4.98 Å². The van der Waals surface area contributed by atoms with Gasteiger partial charge < -0.3 is 10.1 Å². The molecule has 0 atom stereocenters. The summed E-state index contributed by atoms with van der Waals surface area (Å²) in [4.78, 5) is 17.5. The topological polar surface area (TPSA) is 75.0 Å². The predicted molar refractivity (Wildman–Crippen MR) is 147 cm³/mol. The first kappa shape index (κ1) is 25.6. The lowest BCUT2D eigenvalue weighted by Crippen LogP contribution is -2.14. The molecule has 0 saturated carbocycles. The van der Waals surface area contributed by atoms with Crippen molar-refractivity contribution in [2.45, 2.75) is 11.9 Å². The Morgan fingerprint density at radius 1 is 1.06 bits per heavy atom. The van der Waals surface area contributed by atoms with Gasteiger partial charge in [-0.15, -0.1) is 0 Å². The van der Waals surface area contributed by atoms with Crippen LogP contribution in [0.4, 0.5) is 5.69 Å². The van der Waals surface area contributed by atoms with Gasteiger partial charge in [0.25, 0.3) is 0 Å². The maximum absolute atomic E-state index is 12.7. The molecule has 0 aliphatic heterocycles. The van der Waals surface area contributed by atoms with E-state index in [9.17, 15) is 10.1 Å². The normalized spacial score (nSPS) is 10.5. The number of hydrogen-bond donors (Lipinski definition) is 1. The number of nitrogens with zero attached hydrogens (tertiary/aromatic N) is 2. The van der Waals surface area contributed by atoms with Crippen LogP contribution in [0.5, 0.6) is 5.75 Å². The van der Waals surface area contributed by atoms with Gasteiger partial charge in [0.1, 0.15) is 16.8 Å². The number of ether oxygens (including phenoxy) is 1. The molecule has 1 aromatic heterocycles. The van der Waals surface area contributed by atoms with Crippen LogP contribution < -0.4 is 10.1 Å². The summed E-state index contributed by atoms with van der Waals surface area (Å²) in [5, 5.41) is 14.0. The molecule has 0 unspecified atom stereocenters. The summed E-state index contributed by atoms with van der Waals surface area (Å²) in [5.41, 5.74) is 4.96. The fourth-order valence-corrected chi connectivity index (χ4v) is 4.76. The van der Waals surface area contributed by atoms with Crippen molar-refractivity contribution in [3.05, 3.63) is 94.0 Å². The second kappa shape index (κ2) is 11.5. The first-order valence-electron chi connectivity index (χ1n) is 10.9. The maximum atomic E-state index is 12.7. The standard InChI is InChI=1S/C28H21Cl2N3O2S/c1-17-10-12-18(13-11-17)24-14-20(19-6-3-4-9-25(19)35-2)21(15-31)28(33-24)36-16-26(34)32-23-8-5-7-22(29)27(23)30/h3-14H,16H2,1-2H3,(H,32,34). The fraction of sp³-hybridized carbons (Fsp3) is 0.107. The van der Waals surface area contributed by atoms with Gasteiger partial charge in [-0.1, -0.05) is 89.1 Å².